The van der Waals surface area contributed by atoms with Gasteiger partial charge in [0.05, 0.1) is 11.8 Å². The van der Waals surface area contributed by atoms with E-state index in [0.29, 0.717) is 6.42 Å². The number of hydrazone groups is 1. The third-order valence-electron chi connectivity index (χ3n) is 3.01. The van der Waals surface area contributed by atoms with E-state index in [1.807, 2.05) is 6.07 Å². The first-order valence-electron chi connectivity index (χ1n) is 5.96. The summed E-state index contributed by atoms with van der Waals surface area (Å²) in [6, 6.07) is 1.97. The molecule has 2 aliphatic heterocycles. The minimum Gasteiger partial charge on any atom is -0.314 e. The number of nitrogens with one attached hydrogen (secondary N) is 1. The van der Waals surface area contributed by atoms with Gasteiger partial charge in [0.15, 0.2) is 0 Å². The highest BCUT2D eigenvalue weighted by Crippen LogP contribution is 2.10. The van der Waals surface area contributed by atoms with Crippen LogP contribution in [-0.4, -0.2) is 60.8 Å². The van der Waals surface area contributed by atoms with Gasteiger partial charge in [0.2, 0.25) is 5.91 Å². The van der Waals surface area contributed by atoms with Crippen molar-refractivity contribution < 1.29 is 4.79 Å². The maximum absolute atomic E-state index is 11.5. The van der Waals surface area contributed by atoms with Crippen LogP contribution in [0.5, 0.6) is 0 Å². The van der Waals surface area contributed by atoms with E-state index in [0.717, 1.165) is 44.9 Å². The Kier molecular flexibility index (Phi) is 4.07. The molecule has 0 unspecified atom stereocenters. The second-order valence-electron chi connectivity index (χ2n) is 4.30. The predicted octanol–water partition coefficient (Wildman–Crippen LogP) is -0.606. The van der Waals surface area contributed by atoms with Gasteiger partial charge in [-0.25, -0.2) is 5.01 Å². The number of rotatable bonds is 3. The van der Waals surface area contributed by atoms with Crippen molar-refractivity contribution in [2.24, 2.45) is 5.10 Å². The van der Waals surface area contributed by atoms with Crippen molar-refractivity contribution in [1.82, 2.24) is 15.2 Å². The molecule has 0 aliphatic carbocycles. The zero-order valence-electron chi connectivity index (χ0n) is 9.85. The van der Waals surface area contributed by atoms with Crippen molar-refractivity contribution >= 4 is 11.6 Å². The smallest absolute Gasteiger partial charge is 0.244 e. The Hall–Kier alpha value is -1.45. The number of nitrogens with zero attached hydrogens (tertiary/aromatic N) is 4. The highest BCUT2D eigenvalue weighted by molar-refractivity contribution is 5.93. The first kappa shape index (κ1) is 12.0. The molecular weight excluding hydrogens is 218 g/mol. The SMILES string of the molecule is N#CCN1N=C(CN2CCNCC2)CCC1=O. The van der Waals surface area contributed by atoms with Crippen LogP contribution in [0.3, 0.4) is 0 Å². The van der Waals surface area contributed by atoms with Crippen molar-refractivity contribution in [1.29, 1.82) is 5.26 Å². The van der Waals surface area contributed by atoms with Crippen LogP contribution in [0.25, 0.3) is 0 Å². The number of piperazine rings is 1. The topological polar surface area (TPSA) is 71.7 Å². The fourth-order valence-electron chi connectivity index (χ4n) is 2.09. The first-order valence-corrected chi connectivity index (χ1v) is 5.96. The van der Waals surface area contributed by atoms with Gasteiger partial charge in [-0.2, -0.15) is 10.4 Å². The second-order valence-corrected chi connectivity index (χ2v) is 4.30. The molecule has 2 rings (SSSR count). The molecule has 0 aromatic heterocycles. The molecule has 1 saturated heterocycles. The Morgan fingerprint density at radius 1 is 1.35 bits per heavy atom. The van der Waals surface area contributed by atoms with E-state index in [2.05, 4.69) is 15.3 Å². The summed E-state index contributed by atoms with van der Waals surface area (Å²) in [6.07, 6.45) is 1.21. The Morgan fingerprint density at radius 3 is 2.82 bits per heavy atom. The molecule has 17 heavy (non-hydrogen) atoms. The highest BCUT2D eigenvalue weighted by Gasteiger charge is 2.21. The van der Waals surface area contributed by atoms with Gasteiger partial charge in [-0.15, -0.1) is 0 Å². The molecule has 2 aliphatic rings. The summed E-state index contributed by atoms with van der Waals surface area (Å²) in [5.74, 6) is -0.0457. The molecule has 0 bridgehead atoms. The van der Waals surface area contributed by atoms with Gasteiger partial charge >= 0.3 is 0 Å². The highest BCUT2D eigenvalue weighted by atomic mass is 16.2. The van der Waals surface area contributed by atoms with Gasteiger partial charge in [-0.3, -0.25) is 9.69 Å². The van der Waals surface area contributed by atoms with Crippen molar-refractivity contribution in [3.05, 3.63) is 0 Å². The number of carbonyl (C=O) groups excluding carboxylic acids is 1. The van der Waals surface area contributed by atoms with Gasteiger partial charge in [0.1, 0.15) is 6.54 Å². The molecule has 6 heteroatoms. The van der Waals surface area contributed by atoms with Crippen LogP contribution < -0.4 is 5.32 Å². The van der Waals surface area contributed by atoms with Crippen molar-refractivity contribution in [3.8, 4) is 6.07 Å². The van der Waals surface area contributed by atoms with E-state index in [1.54, 1.807) is 0 Å². The molecule has 0 aromatic carbocycles. The summed E-state index contributed by atoms with van der Waals surface area (Å²) >= 11 is 0. The second kappa shape index (κ2) is 5.75. The molecule has 1 fully saturated rings. The summed E-state index contributed by atoms with van der Waals surface area (Å²) in [5.41, 5.74) is 1.02. The molecule has 92 valence electrons. The zero-order valence-corrected chi connectivity index (χ0v) is 9.85. The Labute approximate surface area is 101 Å². The minimum absolute atomic E-state index is 0.0457. The van der Waals surface area contributed by atoms with Gasteiger partial charge in [-0.1, -0.05) is 0 Å². The number of hydrogen-bond donors (Lipinski definition) is 1. The zero-order chi connectivity index (χ0) is 12.1. The summed E-state index contributed by atoms with van der Waals surface area (Å²) in [6.45, 7) is 4.93. The van der Waals surface area contributed by atoms with Gasteiger partial charge in [-0.05, 0) is 6.42 Å². The average Bonchev–Trinajstić information content (AvgIpc) is 2.35. The summed E-state index contributed by atoms with van der Waals surface area (Å²) in [5, 5.41) is 17.5. The lowest BCUT2D eigenvalue weighted by atomic mass is 10.1. The van der Waals surface area contributed by atoms with Crippen molar-refractivity contribution in [2.45, 2.75) is 12.8 Å². The molecule has 1 amide bonds. The molecule has 2 heterocycles. The fraction of sp³-hybridized carbons (Fsp3) is 0.727. The van der Waals surface area contributed by atoms with E-state index < -0.39 is 0 Å². The van der Waals surface area contributed by atoms with Crippen LogP contribution in [0.15, 0.2) is 5.10 Å². The lowest BCUT2D eigenvalue weighted by molar-refractivity contribution is -0.131. The lowest BCUT2D eigenvalue weighted by Gasteiger charge is -2.29. The van der Waals surface area contributed by atoms with E-state index in [-0.39, 0.29) is 12.5 Å². The van der Waals surface area contributed by atoms with Gasteiger partial charge < -0.3 is 5.32 Å². The molecule has 0 atom stereocenters. The third kappa shape index (κ3) is 3.25. The normalized spacial score (nSPS) is 22.2. The van der Waals surface area contributed by atoms with Crippen LogP contribution in [0.2, 0.25) is 0 Å². The number of amides is 1. The number of carbonyl (C=O) groups is 1. The van der Waals surface area contributed by atoms with E-state index in [1.165, 1.54) is 5.01 Å². The largest absolute Gasteiger partial charge is 0.314 e. The van der Waals surface area contributed by atoms with Gasteiger partial charge in [0, 0.05) is 39.1 Å². The summed E-state index contributed by atoms with van der Waals surface area (Å²) in [7, 11) is 0. The quantitative estimate of drug-likeness (QED) is 0.663. The summed E-state index contributed by atoms with van der Waals surface area (Å²) < 4.78 is 0. The fourth-order valence-corrected chi connectivity index (χ4v) is 2.09. The molecule has 0 aromatic rings. The van der Waals surface area contributed by atoms with Crippen LogP contribution >= 0.6 is 0 Å². The number of nitriles is 1. The molecular formula is C11H17N5O. The monoisotopic (exact) mass is 235 g/mol. The average molecular weight is 235 g/mol. The predicted molar refractivity (Wildman–Crippen MR) is 63.3 cm³/mol. The van der Waals surface area contributed by atoms with E-state index in [9.17, 15) is 4.79 Å². The number of hydrogen-bond acceptors (Lipinski definition) is 5. The summed E-state index contributed by atoms with van der Waals surface area (Å²) in [4.78, 5) is 13.8. The maximum atomic E-state index is 11.5. The van der Waals surface area contributed by atoms with Crippen LogP contribution in [0.4, 0.5) is 0 Å². The standard InChI is InChI=1S/C11H17N5O/c12-3-6-16-11(17)2-1-10(14-16)9-15-7-4-13-5-8-15/h13H,1-2,4-9H2. The Bertz CT molecular complexity index is 353. The third-order valence-corrected chi connectivity index (χ3v) is 3.01. The maximum Gasteiger partial charge on any atom is 0.244 e. The van der Waals surface area contributed by atoms with Crippen LogP contribution in [0, 0.1) is 11.3 Å². The molecule has 1 N–H and O–H groups in total. The molecule has 0 radical (unpaired) electrons. The van der Waals surface area contributed by atoms with Crippen LogP contribution in [-0.2, 0) is 4.79 Å². The minimum atomic E-state index is -0.0457. The molecule has 0 spiro atoms. The van der Waals surface area contributed by atoms with Crippen LogP contribution in [0.1, 0.15) is 12.8 Å². The van der Waals surface area contributed by atoms with Crippen molar-refractivity contribution in [3.63, 3.8) is 0 Å². The molecule has 0 saturated carbocycles. The van der Waals surface area contributed by atoms with Crippen molar-refractivity contribution in [2.75, 3.05) is 39.3 Å². The van der Waals surface area contributed by atoms with E-state index in [4.69, 9.17) is 5.26 Å². The molecule has 6 nitrogen and oxygen atoms in total. The van der Waals surface area contributed by atoms with E-state index >= 15 is 0 Å². The first-order chi connectivity index (χ1) is 8.29. The Balaban J connectivity index is 1.93. The Morgan fingerprint density at radius 2 is 2.12 bits per heavy atom. The lowest BCUT2D eigenvalue weighted by Crippen LogP contribution is -2.46. The van der Waals surface area contributed by atoms with Gasteiger partial charge in [0.25, 0.3) is 0 Å².